The van der Waals surface area contributed by atoms with E-state index < -0.39 is 0 Å². The van der Waals surface area contributed by atoms with Gasteiger partial charge in [-0.1, -0.05) is 17.7 Å². The lowest BCUT2D eigenvalue weighted by molar-refractivity contribution is 1.11. The first kappa shape index (κ1) is 12.1. The van der Waals surface area contributed by atoms with Crippen LogP contribution in [-0.2, 0) is 0 Å². The zero-order valence-corrected chi connectivity index (χ0v) is 11.6. The van der Waals surface area contributed by atoms with Crippen molar-refractivity contribution in [2.75, 3.05) is 5.73 Å². The lowest BCUT2D eigenvalue weighted by Crippen LogP contribution is -1.92. The summed E-state index contributed by atoms with van der Waals surface area (Å²) in [6.07, 6.45) is 1.97. The third-order valence-corrected chi connectivity index (χ3v) is 3.77. The second kappa shape index (κ2) is 4.28. The number of benzene rings is 1. The summed E-state index contributed by atoms with van der Waals surface area (Å²) in [7, 11) is 0. The molecule has 0 aliphatic rings. The molecular formula is C15H14ClN3. The summed E-state index contributed by atoms with van der Waals surface area (Å²) in [5.41, 5.74) is 11.6. The summed E-state index contributed by atoms with van der Waals surface area (Å²) in [5.74, 6) is 0. The first-order valence-electron chi connectivity index (χ1n) is 6.07. The molecule has 3 aromatic rings. The van der Waals surface area contributed by atoms with Crippen LogP contribution in [-0.4, -0.2) is 9.38 Å². The van der Waals surface area contributed by atoms with E-state index in [1.807, 2.05) is 54.8 Å². The van der Waals surface area contributed by atoms with E-state index in [0.29, 0.717) is 5.69 Å². The number of hydrogen-bond acceptors (Lipinski definition) is 2. The number of fused-ring (bicyclic) bond motifs is 1. The van der Waals surface area contributed by atoms with Gasteiger partial charge in [-0.05, 0) is 43.7 Å². The molecule has 4 heteroatoms. The molecule has 1 aromatic carbocycles. The maximum absolute atomic E-state index is 6.07. The number of nitrogen functional groups attached to an aromatic ring is 1. The number of imidazole rings is 1. The second-order valence-electron chi connectivity index (χ2n) is 4.67. The lowest BCUT2D eigenvalue weighted by atomic mass is 10.1. The molecule has 0 aliphatic carbocycles. The summed E-state index contributed by atoms with van der Waals surface area (Å²) < 4.78 is 2.01. The molecule has 2 heterocycles. The van der Waals surface area contributed by atoms with Crippen molar-refractivity contribution < 1.29 is 0 Å². The minimum Gasteiger partial charge on any atom is -0.396 e. The fourth-order valence-electron chi connectivity index (χ4n) is 2.27. The highest BCUT2D eigenvalue weighted by atomic mass is 35.5. The predicted octanol–water partition coefficient (Wildman–Crippen LogP) is 3.85. The quantitative estimate of drug-likeness (QED) is 0.730. The maximum atomic E-state index is 6.07. The highest BCUT2D eigenvalue weighted by Crippen LogP contribution is 2.28. The highest BCUT2D eigenvalue weighted by molar-refractivity contribution is 6.31. The fourth-order valence-corrected chi connectivity index (χ4v) is 2.39. The normalized spacial score (nSPS) is 11.1. The van der Waals surface area contributed by atoms with E-state index in [4.69, 9.17) is 17.3 Å². The zero-order chi connectivity index (χ0) is 13.6. The zero-order valence-electron chi connectivity index (χ0n) is 10.8. The number of halogens is 1. The highest BCUT2D eigenvalue weighted by Gasteiger charge is 2.12. The fraction of sp³-hybridized carbons (Fsp3) is 0.133. The molecule has 0 fully saturated rings. The Labute approximate surface area is 116 Å². The SMILES string of the molecule is Cc1cc(-c2nc3c(N)cccn3c2C)ccc1Cl. The van der Waals surface area contributed by atoms with Gasteiger partial charge in [0.05, 0.1) is 11.4 Å². The van der Waals surface area contributed by atoms with Gasteiger partial charge in [-0.15, -0.1) is 0 Å². The minimum absolute atomic E-state index is 0.683. The Kier molecular flexibility index (Phi) is 2.72. The second-order valence-corrected chi connectivity index (χ2v) is 5.07. The average molecular weight is 272 g/mol. The third-order valence-electron chi connectivity index (χ3n) is 3.35. The van der Waals surface area contributed by atoms with Crippen molar-refractivity contribution in [1.29, 1.82) is 0 Å². The molecule has 0 radical (unpaired) electrons. The maximum Gasteiger partial charge on any atom is 0.160 e. The summed E-state index contributed by atoms with van der Waals surface area (Å²) in [6.45, 7) is 4.03. The van der Waals surface area contributed by atoms with E-state index in [2.05, 4.69) is 4.98 Å². The van der Waals surface area contributed by atoms with Crippen molar-refractivity contribution in [3.63, 3.8) is 0 Å². The molecule has 0 saturated heterocycles. The molecule has 0 spiro atoms. The summed E-state index contributed by atoms with van der Waals surface area (Å²) in [4.78, 5) is 4.65. The van der Waals surface area contributed by atoms with Crippen molar-refractivity contribution in [3.8, 4) is 11.3 Å². The molecule has 96 valence electrons. The van der Waals surface area contributed by atoms with Gasteiger partial charge in [-0.2, -0.15) is 0 Å². The monoisotopic (exact) mass is 271 g/mol. The van der Waals surface area contributed by atoms with Crippen molar-refractivity contribution >= 4 is 22.9 Å². The Balaban J connectivity index is 2.28. The van der Waals surface area contributed by atoms with Crippen molar-refractivity contribution in [2.45, 2.75) is 13.8 Å². The van der Waals surface area contributed by atoms with Crippen LogP contribution in [0, 0.1) is 13.8 Å². The van der Waals surface area contributed by atoms with Gasteiger partial charge >= 0.3 is 0 Å². The number of anilines is 1. The Hall–Kier alpha value is -2.00. The largest absolute Gasteiger partial charge is 0.396 e. The van der Waals surface area contributed by atoms with Gasteiger partial charge in [0.25, 0.3) is 0 Å². The van der Waals surface area contributed by atoms with Crippen LogP contribution < -0.4 is 5.73 Å². The minimum atomic E-state index is 0.683. The summed E-state index contributed by atoms with van der Waals surface area (Å²) >= 11 is 6.07. The van der Waals surface area contributed by atoms with Crippen molar-refractivity contribution in [1.82, 2.24) is 9.38 Å². The average Bonchev–Trinajstić information content (AvgIpc) is 2.72. The van der Waals surface area contributed by atoms with Gasteiger partial charge in [0.15, 0.2) is 5.65 Å². The van der Waals surface area contributed by atoms with Crippen LogP contribution in [0.1, 0.15) is 11.3 Å². The smallest absolute Gasteiger partial charge is 0.160 e. The van der Waals surface area contributed by atoms with E-state index in [1.54, 1.807) is 0 Å². The molecule has 2 N–H and O–H groups in total. The van der Waals surface area contributed by atoms with E-state index in [-0.39, 0.29) is 0 Å². The standard InChI is InChI=1S/C15H14ClN3/c1-9-8-11(5-6-12(9)16)14-10(2)19-7-3-4-13(17)15(19)18-14/h3-8H,17H2,1-2H3. The van der Waals surface area contributed by atoms with Gasteiger partial charge < -0.3 is 10.1 Å². The number of rotatable bonds is 1. The Morgan fingerprint density at radius 3 is 2.68 bits per heavy atom. The number of aryl methyl sites for hydroxylation is 2. The molecule has 19 heavy (non-hydrogen) atoms. The molecule has 2 aromatic heterocycles. The van der Waals surface area contributed by atoms with Gasteiger partial charge in [-0.25, -0.2) is 4.98 Å². The topological polar surface area (TPSA) is 43.3 Å². The van der Waals surface area contributed by atoms with E-state index in [9.17, 15) is 0 Å². The Morgan fingerprint density at radius 2 is 2.00 bits per heavy atom. The Morgan fingerprint density at radius 1 is 1.21 bits per heavy atom. The molecule has 0 unspecified atom stereocenters. The number of hydrogen-bond donors (Lipinski definition) is 1. The molecule has 0 aliphatic heterocycles. The molecule has 0 amide bonds. The molecule has 3 rings (SSSR count). The van der Waals surface area contributed by atoms with Crippen LogP contribution in [0.25, 0.3) is 16.9 Å². The van der Waals surface area contributed by atoms with E-state index >= 15 is 0 Å². The predicted molar refractivity (Wildman–Crippen MR) is 79.5 cm³/mol. The number of nitrogens with zero attached hydrogens (tertiary/aromatic N) is 2. The first-order chi connectivity index (χ1) is 9.08. The van der Waals surface area contributed by atoms with Crippen LogP contribution in [0.3, 0.4) is 0 Å². The summed E-state index contributed by atoms with van der Waals surface area (Å²) in [5, 5.41) is 0.768. The van der Waals surface area contributed by atoms with Crippen LogP contribution in [0.5, 0.6) is 0 Å². The molecule has 0 bridgehead atoms. The molecular weight excluding hydrogens is 258 g/mol. The third kappa shape index (κ3) is 1.87. The number of aromatic nitrogens is 2. The number of nitrogens with two attached hydrogens (primary N) is 1. The van der Waals surface area contributed by atoms with E-state index in [0.717, 1.165) is 33.2 Å². The molecule has 0 atom stereocenters. The van der Waals surface area contributed by atoms with Gasteiger partial charge in [0.2, 0.25) is 0 Å². The number of pyridine rings is 1. The van der Waals surface area contributed by atoms with Crippen molar-refractivity contribution in [2.24, 2.45) is 0 Å². The Bertz CT molecular complexity index is 774. The van der Waals surface area contributed by atoms with Gasteiger partial charge in [0, 0.05) is 22.5 Å². The molecule has 0 saturated carbocycles. The van der Waals surface area contributed by atoms with Crippen LogP contribution in [0.2, 0.25) is 5.02 Å². The van der Waals surface area contributed by atoms with Gasteiger partial charge in [-0.3, -0.25) is 0 Å². The van der Waals surface area contributed by atoms with Crippen LogP contribution >= 0.6 is 11.6 Å². The first-order valence-corrected chi connectivity index (χ1v) is 6.45. The van der Waals surface area contributed by atoms with E-state index in [1.165, 1.54) is 0 Å². The van der Waals surface area contributed by atoms with Crippen molar-refractivity contribution in [3.05, 3.63) is 52.8 Å². The lowest BCUT2D eigenvalue weighted by Gasteiger charge is -2.02. The van der Waals surface area contributed by atoms with Crippen LogP contribution in [0.15, 0.2) is 36.5 Å². The summed E-state index contributed by atoms with van der Waals surface area (Å²) in [6, 6.07) is 9.72. The van der Waals surface area contributed by atoms with Crippen LogP contribution in [0.4, 0.5) is 5.69 Å². The van der Waals surface area contributed by atoms with Gasteiger partial charge in [0.1, 0.15) is 0 Å². The molecule has 3 nitrogen and oxygen atoms in total.